The lowest BCUT2D eigenvalue weighted by Gasteiger charge is -2.39. The zero-order chi connectivity index (χ0) is 14.6. The Kier molecular flexibility index (Phi) is 4.77. The molecule has 2 rings (SSSR count). The Morgan fingerprint density at radius 2 is 1.90 bits per heavy atom. The Labute approximate surface area is 121 Å². The maximum atomic E-state index is 9.72. The number of ether oxygens (including phenoxy) is 1. The molecule has 0 spiro atoms. The molecule has 108 valence electrons. The molecule has 1 aromatic rings. The molecule has 1 aliphatic heterocycles. The number of nitrogens with zero attached hydrogens (tertiary/aromatic N) is 2. The summed E-state index contributed by atoms with van der Waals surface area (Å²) in [7, 11) is 1.85. The largest absolute Gasteiger partial charge is 0.373 e. The Morgan fingerprint density at radius 1 is 1.30 bits per heavy atom. The van der Waals surface area contributed by atoms with Crippen LogP contribution in [0.25, 0.3) is 0 Å². The SMILES string of the molecule is CNC(C#N)(CN1C[C@@H](C)O[C@@H](C)C1)c1ccccc1. The number of hydrogen-bond acceptors (Lipinski definition) is 4. The average molecular weight is 273 g/mol. The summed E-state index contributed by atoms with van der Waals surface area (Å²) in [6, 6.07) is 12.4. The van der Waals surface area contributed by atoms with Crippen LogP contribution in [-0.4, -0.2) is 43.8 Å². The smallest absolute Gasteiger partial charge is 0.144 e. The molecule has 0 aromatic heterocycles. The summed E-state index contributed by atoms with van der Waals surface area (Å²) in [5, 5.41) is 12.9. The van der Waals surface area contributed by atoms with Gasteiger partial charge in [0.1, 0.15) is 5.54 Å². The van der Waals surface area contributed by atoms with Crippen LogP contribution in [0.2, 0.25) is 0 Å². The van der Waals surface area contributed by atoms with Crippen LogP contribution in [0.5, 0.6) is 0 Å². The molecule has 1 N–H and O–H groups in total. The van der Waals surface area contributed by atoms with Crippen LogP contribution < -0.4 is 5.32 Å². The molecule has 0 aliphatic carbocycles. The molecule has 1 unspecified atom stereocenters. The topological polar surface area (TPSA) is 48.3 Å². The second-order valence-electron chi connectivity index (χ2n) is 5.58. The first-order valence-electron chi connectivity index (χ1n) is 7.13. The second kappa shape index (κ2) is 6.36. The minimum absolute atomic E-state index is 0.211. The van der Waals surface area contributed by atoms with Crippen molar-refractivity contribution in [1.82, 2.24) is 10.2 Å². The first-order chi connectivity index (χ1) is 9.59. The summed E-state index contributed by atoms with van der Waals surface area (Å²) in [5.74, 6) is 0. The fraction of sp³-hybridized carbons (Fsp3) is 0.562. The Bertz CT molecular complexity index is 460. The van der Waals surface area contributed by atoms with E-state index in [1.165, 1.54) is 0 Å². The van der Waals surface area contributed by atoms with Crippen LogP contribution in [0.3, 0.4) is 0 Å². The van der Waals surface area contributed by atoms with Crippen molar-refractivity contribution in [2.24, 2.45) is 0 Å². The van der Waals surface area contributed by atoms with E-state index < -0.39 is 5.54 Å². The lowest BCUT2D eigenvalue weighted by Crippen LogP contribution is -2.54. The van der Waals surface area contributed by atoms with Gasteiger partial charge in [-0.25, -0.2) is 0 Å². The van der Waals surface area contributed by atoms with E-state index in [9.17, 15) is 5.26 Å². The number of hydrogen-bond donors (Lipinski definition) is 1. The lowest BCUT2D eigenvalue weighted by molar-refractivity contribution is -0.0721. The third-order valence-corrected chi connectivity index (χ3v) is 3.84. The minimum Gasteiger partial charge on any atom is -0.373 e. The molecule has 0 amide bonds. The van der Waals surface area contributed by atoms with E-state index in [-0.39, 0.29) is 12.2 Å². The van der Waals surface area contributed by atoms with E-state index in [0.29, 0.717) is 6.54 Å². The monoisotopic (exact) mass is 273 g/mol. The molecular weight excluding hydrogens is 250 g/mol. The van der Waals surface area contributed by atoms with Crippen molar-refractivity contribution in [3.63, 3.8) is 0 Å². The molecule has 1 saturated heterocycles. The van der Waals surface area contributed by atoms with Gasteiger partial charge in [0.2, 0.25) is 0 Å². The maximum Gasteiger partial charge on any atom is 0.144 e. The molecule has 1 heterocycles. The molecule has 1 aromatic carbocycles. The van der Waals surface area contributed by atoms with Gasteiger partial charge in [0.05, 0.1) is 18.3 Å². The summed E-state index contributed by atoms with van der Waals surface area (Å²) in [6.07, 6.45) is 0.422. The van der Waals surface area contributed by atoms with Gasteiger partial charge in [-0.2, -0.15) is 5.26 Å². The van der Waals surface area contributed by atoms with Crippen molar-refractivity contribution >= 4 is 0 Å². The van der Waals surface area contributed by atoms with Crippen LogP contribution >= 0.6 is 0 Å². The first kappa shape index (κ1) is 15.0. The molecule has 0 bridgehead atoms. The van der Waals surface area contributed by atoms with Crippen LogP contribution in [0.1, 0.15) is 19.4 Å². The maximum absolute atomic E-state index is 9.72. The Hall–Kier alpha value is -1.41. The summed E-state index contributed by atoms with van der Waals surface area (Å²) < 4.78 is 5.76. The third-order valence-electron chi connectivity index (χ3n) is 3.84. The standard InChI is InChI=1S/C16H23N3O/c1-13-9-19(10-14(2)20-13)12-16(11-17,18-3)15-7-5-4-6-8-15/h4-8,13-14,18H,9-10,12H2,1-3H3/t13-,14+,16?. The number of nitriles is 1. The van der Waals surface area contributed by atoms with Gasteiger partial charge in [-0.15, -0.1) is 0 Å². The highest BCUT2D eigenvalue weighted by atomic mass is 16.5. The first-order valence-corrected chi connectivity index (χ1v) is 7.13. The number of nitrogens with one attached hydrogen (secondary N) is 1. The second-order valence-corrected chi connectivity index (χ2v) is 5.58. The molecule has 0 radical (unpaired) electrons. The van der Waals surface area contributed by atoms with Crippen molar-refractivity contribution in [1.29, 1.82) is 5.26 Å². The summed E-state index contributed by atoms with van der Waals surface area (Å²) in [5.41, 5.74) is 0.342. The van der Waals surface area contributed by atoms with Gasteiger partial charge in [-0.3, -0.25) is 10.2 Å². The quantitative estimate of drug-likeness (QED) is 0.907. The predicted octanol–water partition coefficient (Wildman–Crippen LogP) is 1.73. The number of rotatable bonds is 4. The van der Waals surface area contributed by atoms with Crippen LogP contribution in [0.15, 0.2) is 30.3 Å². The Balaban J connectivity index is 2.20. The molecule has 4 nitrogen and oxygen atoms in total. The van der Waals surface area contributed by atoms with Crippen molar-refractivity contribution < 1.29 is 4.74 Å². The summed E-state index contributed by atoms with van der Waals surface area (Å²) in [4.78, 5) is 2.31. The van der Waals surface area contributed by atoms with Gasteiger partial charge in [-0.05, 0) is 26.5 Å². The van der Waals surface area contributed by atoms with Gasteiger partial charge in [-0.1, -0.05) is 30.3 Å². The van der Waals surface area contributed by atoms with E-state index >= 15 is 0 Å². The molecule has 3 atom stereocenters. The number of benzene rings is 1. The van der Waals surface area contributed by atoms with E-state index in [0.717, 1.165) is 18.7 Å². The molecule has 1 fully saturated rings. The van der Waals surface area contributed by atoms with Crippen molar-refractivity contribution in [3.05, 3.63) is 35.9 Å². The molecule has 20 heavy (non-hydrogen) atoms. The molecule has 0 saturated carbocycles. The van der Waals surface area contributed by atoms with Crippen LogP contribution in [0, 0.1) is 11.3 Å². The van der Waals surface area contributed by atoms with E-state index in [4.69, 9.17) is 4.74 Å². The van der Waals surface area contributed by atoms with Crippen molar-refractivity contribution in [2.45, 2.75) is 31.6 Å². The lowest BCUT2D eigenvalue weighted by atomic mass is 9.90. The van der Waals surface area contributed by atoms with E-state index in [1.807, 2.05) is 37.4 Å². The molecule has 4 heteroatoms. The van der Waals surface area contributed by atoms with Crippen LogP contribution in [-0.2, 0) is 10.3 Å². The molecule has 1 aliphatic rings. The number of likely N-dealkylation sites (N-methyl/N-ethyl adjacent to an activating group) is 1. The highest BCUT2D eigenvalue weighted by molar-refractivity contribution is 5.32. The van der Waals surface area contributed by atoms with E-state index in [1.54, 1.807) is 0 Å². The third kappa shape index (κ3) is 3.18. The van der Waals surface area contributed by atoms with Gasteiger partial charge in [0.25, 0.3) is 0 Å². The summed E-state index contributed by atoms with van der Waals surface area (Å²) >= 11 is 0. The predicted molar refractivity (Wildman–Crippen MR) is 79.2 cm³/mol. The Morgan fingerprint density at radius 3 is 2.40 bits per heavy atom. The number of morpholine rings is 1. The van der Waals surface area contributed by atoms with Gasteiger partial charge in [0, 0.05) is 19.6 Å². The van der Waals surface area contributed by atoms with Crippen molar-refractivity contribution in [2.75, 3.05) is 26.7 Å². The fourth-order valence-electron chi connectivity index (χ4n) is 2.94. The highest BCUT2D eigenvalue weighted by Gasteiger charge is 2.35. The van der Waals surface area contributed by atoms with E-state index in [2.05, 4.69) is 30.1 Å². The molecular formula is C16H23N3O. The fourth-order valence-corrected chi connectivity index (χ4v) is 2.94. The van der Waals surface area contributed by atoms with Crippen molar-refractivity contribution in [3.8, 4) is 6.07 Å². The normalized spacial score (nSPS) is 26.7. The average Bonchev–Trinajstić information content (AvgIpc) is 2.45. The zero-order valence-electron chi connectivity index (χ0n) is 12.5. The highest BCUT2D eigenvalue weighted by Crippen LogP contribution is 2.23. The van der Waals surface area contributed by atoms with Gasteiger partial charge >= 0.3 is 0 Å². The van der Waals surface area contributed by atoms with Gasteiger partial charge < -0.3 is 4.74 Å². The minimum atomic E-state index is -0.669. The zero-order valence-corrected chi connectivity index (χ0v) is 12.5. The van der Waals surface area contributed by atoms with Crippen LogP contribution in [0.4, 0.5) is 0 Å². The van der Waals surface area contributed by atoms with Gasteiger partial charge in [0.15, 0.2) is 0 Å². The summed E-state index contributed by atoms with van der Waals surface area (Å²) in [6.45, 7) is 6.56.